The molecular weight excluding hydrogens is 334 g/mol. The second-order valence-electron chi connectivity index (χ2n) is 7.28. The summed E-state index contributed by atoms with van der Waals surface area (Å²) >= 11 is 1.54. The number of carbonyl (C=O) groups is 1. The van der Waals surface area contributed by atoms with E-state index in [0.717, 1.165) is 24.5 Å². The monoisotopic (exact) mass is 361 g/mol. The van der Waals surface area contributed by atoms with Gasteiger partial charge in [-0.05, 0) is 50.1 Å². The van der Waals surface area contributed by atoms with Crippen LogP contribution in [0.15, 0.2) is 23.0 Å². The standard InChI is InChI=1S/C18H27N5OS/c1-13-4-6-15(7-5-13)18(2,16-10-23(12-19-3)22-21-16)20-17(24)14-8-9-25-11-14/h8-11,13,15,19H,4-7,12H2,1-3H3,(H,20,24). The van der Waals surface area contributed by atoms with Gasteiger partial charge in [-0.3, -0.25) is 4.79 Å². The predicted octanol–water partition coefficient (Wildman–Crippen LogP) is 2.99. The molecule has 1 amide bonds. The molecule has 25 heavy (non-hydrogen) atoms. The summed E-state index contributed by atoms with van der Waals surface area (Å²) in [6.45, 7) is 5.01. The van der Waals surface area contributed by atoms with Gasteiger partial charge in [0.2, 0.25) is 0 Å². The summed E-state index contributed by atoms with van der Waals surface area (Å²) in [6.07, 6.45) is 6.53. The highest BCUT2D eigenvalue weighted by Crippen LogP contribution is 2.40. The van der Waals surface area contributed by atoms with Gasteiger partial charge in [-0.1, -0.05) is 25.0 Å². The van der Waals surface area contributed by atoms with Crippen LogP contribution in [0.3, 0.4) is 0 Å². The van der Waals surface area contributed by atoms with Gasteiger partial charge in [0.05, 0.1) is 24.0 Å². The van der Waals surface area contributed by atoms with Crippen LogP contribution in [0.4, 0.5) is 0 Å². The predicted molar refractivity (Wildman–Crippen MR) is 99.3 cm³/mol. The number of hydrogen-bond acceptors (Lipinski definition) is 5. The lowest BCUT2D eigenvalue weighted by Crippen LogP contribution is -2.50. The number of rotatable bonds is 6. The molecule has 0 spiro atoms. The molecule has 0 aromatic carbocycles. The Labute approximate surface area is 153 Å². The van der Waals surface area contributed by atoms with E-state index in [1.165, 1.54) is 24.2 Å². The highest BCUT2D eigenvalue weighted by Gasteiger charge is 2.41. The number of carbonyl (C=O) groups excluding carboxylic acids is 1. The molecule has 7 heteroatoms. The van der Waals surface area contributed by atoms with E-state index in [0.29, 0.717) is 18.2 Å². The fourth-order valence-electron chi connectivity index (χ4n) is 3.69. The van der Waals surface area contributed by atoms with Crippen molar-refractivity contribution in [1.29, 1.82) is 0 Å². The molecule has 1 aliphatic rings. The number of hydrogen-bond donors (Lipinski definition) is 2. The number of nitrogens with zero attached hydrogens (tertiary/aromatic N) is 3. The number of thiophene rings is 1. The molecule has 3 rings (SSSR count). The Kier molecular flexibility index (Phi) is 5.54. The third kappa shape index (κ3) is 3.93. The molecule has 1 aliphatic carbocycles. The van der Waals surface area contributed by atoms with E-state index in [9.17, 15) is 4.79 Å². The van der Waals surface area contributed by atoms with Gasteiger partial charge < -0.3 is 10.6 Å². The van der Waals surface area contributed by atoms with Gasteiger partial charge >= 0.3 is 0 Å². The Bertz CT molecular complexity index is 690. The molecule has 1 atom stereocenters. The first-order valence-corrected chi connectivity index (χ1v) is 9.87. The van der Waals surface area contributed by atoms with E-state index < -0.39 is 5.54 Å². The van der Waals surface area contributed by atoms with Crippen LogP contribution in [0.2, 0.25) is 0 Å². The first-order chi connectivity index (χ1) is 12.0. The van der Waals surface area contributed by atoms with Crippen molar-refractivity contribution < 1.29 is 4.79 Å². The van der Waals surface area contributed by atoms with Crippen LogP contribution in [0.1, 0.15) is 55.6 Å². The van der Waals surface area contributed by atoms with Crippen LogP contribution in [-0.4, -0.2) is 27.9 Å². The molecule has 0 radical (unpaired) electrons. The summed E-state index contributed by atoms with van der Waals surface area (Å²) in [5, 5.41) is 18.8. The van der Waals surface area contributed by atoms with Gasteiger partial charge in [-0.2, -0.15) is 11.3 Å². The first-order valence-electron chi connectivity index (χ1n) is 8.93. The van der Waals surface area contributed by atoms with Crippen LogP contribution in [0.25, 0.3) is 0 Å². The van der Waals surface area contributed by atoms with Crippen LogP contribution in [0.5, 0.6) is 0 Å². The van der Waals surface area contributed by atoms with Crippen LogP contribution < -0.4 is 10.6 Å². The Balaban J connectivity index is 1.87. The maximum absolute atomic E-state index is 12.8. The average Bonchev–Trinajstić information content (AvgIpc) is 3.27. The van der Waals surface area contributed by atoms with E-state index in [2.05, 4.69) is 34.8 Å². The maximum atomic E-state index is 12.8. The lowest BCUT2D eigenvalue weighted by molar-refractivity contribution is 0.0813. The van der Waals surface area contributed by atoms with Gasteiger partial charge in [0, 0.05) is 5.38 Å². The first kappa shape index (κ1) is 18.1. The average molecular weight is 362 g/mol. The molecule has 2 aromatic heterocycles. The van der Waals surface area contributed by atoms with E-state index in [4.69, 9.17) is 0 Å². The zero-order chi connectivity index (χ0) is 17.9. The van der Waals surface area contributed by atoms with Crippen LogP contribution in [-0.2, 0) is 12.2 Å². The van der Waals surface area contributed by atoms with Crippen molar-refractivity contribution in [3.05, 3.63) is 34.3 Å². The number of nitrogens with one attached hydrogen (secondary N) is 2. The molecular formula is C18H27N5OS. The van der Waals surface area contributed by atoms with Gasteiger partial charge in [0.1, 0.15) is 5.69 Å². The number of amides is 1. The lowest BCUT2D eigenvalue weighted by Gasteiger charge is -2.40. The highest BCUT2D eigenvalue weighted by atomic mass is 32.1. The zero-order valence-electron chi connectivity index (χ0n) is 15.2. The molecule has 2 N–H and O–H groups in total. The third-order valence-electron chi connectivity index (χ3n) is 5.38. The second kappa shape index (κ2) is 7.66. The van der Waals surface area contributed by atoms with Crippen molar-refractivity contribution in [3.8, 4) is 0 Å². The molecule has 2 heterocycles. The molecule has 1 saturated carbocycles. The van der Waals surface area contributed by atoms with Crippen molar-refractivity contribution in [2.75, 3.05) is 7.05 Å². The van der Waals surface area contributed by atoms with Crippen molar-refractivity contribution in [1.82, 2.24) is 25.6 Å². The third-order valence-corrected chi connectivity index (χ3v) is 6.06. The Morgan fingerprint density at radius 3 is 2.80 bits per heavy atom. The smallest absolute Gasteiger partial charge is 0.252 e. The van der Waals surface area contributed by atoms with Gasteiger partial charge in [0.15, 0.2) is 0 Å². The van der Waals surface area contributed by atoms with Gasteiger partial charge in [0.25, 0.3) is 5.91 Å². The van der Waals surface area contributed by atoms with Crippen molar-refractivity contribution in [3.63, 3.8) is 0 Å². The quantitative estimate of drug-likeness (QED) is 0.830. The van der Waals surface area contributed by atoms with E-state index in [-0.39, 0.29) is 5.91 Å². The molecule has 1 fully saturated rings. The Morgan fingerprint density at radius 2 is 2.16 bits per heavy atom. The molecule has 2 aromatic rings. The Hall–Kier alpha value is -1.73. The van der Waals surface area contributed by atoms with E-state index in [1.54, 1.807) is 4.68 Å². The summed E-state index contributed by atoms with van der Waals surface area (Å²) in [6, 6.07) is 1.86. The maximum Gasteiger partial charge on any atom is 0.252 e. The van der Waals surface area contributed by atoms with Crippen molar-refractivity contribution >= 4 is 17.2 Å². The summed E-state index contributed by atoms with van der Waals surface area (Å²) in [7, 11) is 1.88. The molecule has 136 valence electrons. The molecule has 0 bridgehead atoms. The van der Waals surface area contributed by atoms with Gasteiger partial charge in [-0.15, -0.1) is 5.10 Å². The fraction of sp³-hybridized carbons (Fsp3) is 0.611. The van der Waals surface area contributed by atoms with Crippen molar-refractivity contribution in [2.24, 2.45) is 11.8 Å². The van der Waals surface area contributed by atoms with Crippen LogP contribution in [0, 0.1) is 11.8 Å². The minimum absolute atomic E-state index is 0.0365. The summed E-state index contributed by atoms with van der Waals surface area (Å²) in [5.74, 6) is 1.09. The number of aromatic nitrogens is 3. The Morgan fingerprint density at radius 1 is 1.40 bits per heavy atom. The SMILES string of the molecule is CNCn1cc(C(C)(NC(=O)c2ccsc2)C2CCC(C)CC2)nn1. The van der Waals surface area contributed by atoms with E-state index >= 15 is 0 Å². The minimum Gasteiger partial charge on any atom is -0.341 e. The summed E-state index contributed by atoms with van der Waals surface area (Å²) < 4.78 is 1.77. The molecule has 0 aliphatic heterocycles. The molecule has 1 unspecified atom stereocenters. The summed E-state index contributed by atoms with van der Waals surface area (Å²) in [5.41, 5.74) is 1.04. The zero-order valence-corrected chi connectivity index (χ0v) is 16.0. The van der Waals surface area contributed by atoms with Crippen molar-refractivity contribution in [2.45, 2.75) is 51.7 Å². The molecule has 0 saturated heterocycles. The normalized spacial score (nSPS) is 23.2. The highest BCUT2D eigenvalue weighted by molar-refractivity contribution is 7.08. The van der Waals surface area contributed by atoms with Gasteiger partial charge in [-0.25, -0.2) is 4.68 Å². The van der Waals surface area contributed by atoms with E-state index in [1.807, 2.05) is 30.1 Å². The summed E-state index contributed by atoms with van der Waals surface area (Å²) in [4.78, 5) is 12.8. The largest absolute Gasteiger partial charge is 0.341 e. The fourth-order valence-corrected chi connectivity index (χ4v) is 4.33. The van der Waals surface area contributed by atoms with Crippen LogP contribution >= 0.6 is 11.3 Å². The topological polar surface area (TPSA) is 71.8 Å². The second-order valence-corrected chi connectivity index (χ2v) is 8.06. The minimum atomic E-state index is -0.509. The molecule has 6 nitrogen and oxygen atoms in total. The lowest BCUT2D eigenvalue weighted by atomic mass is 9.71.